The van der Waals surface area contributed by atoms with E-state index in [1.54, 1.807) is 4.90 Å². The van der Waals surface area contributed by atoms with Crippen molar-refractivity contribution in [1.82, 2.24) is 14.9 Å². The number of β-amino-alcohol motifs (C(OH)–C–C–N with tert-alkyl or cyclic N) is 1. The Morgan fingerprint density at radius 1 is 1.16 bits per heavy atom. The zero-order chi connectivity index (χ0) is 32.1. The van der Waals surface area contributed by atoms with Gasteiger partial charge in [0, 0.05) is 25.4 Å². The Labute approximate surface area is 246 Å². The van der Waals surface area contributed by atoms with Gasteiger partial charge in [0.15, 0.2) is 14.0 Å². The predicted octanol–water partition coefficient (Wildman–Crippen LogP) is 5.31. The van der Waals surface area contributed by atoms with Gasteiger partial charge in [-0.3, -0.25) is 14.2 Å². The van der Waals surface area contributed by atoms with Gasteiger partial charge in [0.25, 0.3) is 5.91 Å². The molecule has 8 nitrogen and oxygen atoms in total. The highest BCUT2D eigenvalue weighted by atomic mass is 28.4. The minimum atomic E-state index is -4.76. The number of rotatable bonds is 7. The molecule has 2 aromatic heterocycles. The lowest BCUT2D eigenvalue weighted by molar-refractivity contribution is -0.153. The number of anilines is 1. The van der Waals surface area contributed by atoms with Crippen LogP contribution in [0.3, 0.4) is 0 Å². The van der Waals surface area contributed by atoms with Gasteiger partial charge in [-0.05, 0) is 48.8 Å². The number of amides is 1. The highest BCUT2D eigenvalue weighted by Crippen LogP contribution is 2.38. The second-order valence-electron chi connectivity index (χ2n) is 12.2. The molecular formula is C29H35F5N4O4Si. The lowest BCUT2D eigenvalue weighted by Crippen LogP contribution is -2.47. The van der Waals surface area contributed by atoms with Crippen LogP contribution in [0, 0.1) is 11.6 Å². The molecule has 3 heterocycles. The van der Waals surface area contributed by atoms with E-state index in [1.165, 1.54) is 19.1 Å². The molecule has 1 amide bonds. The number of fused-ring (bicyclic) bond motifs is 1. The van der Waals surface area contributed by atoms with Crippen LogP contribution in [-0.4, -0.2) is 66.4 Å². The maximum Gasteiger partial charge on any atom is 0.408 e. The fourth-order valence-electron chi connectivity index (χ4n) is 4.66. The van der Waals surface area contributed by atoms with Crippen molar-refractivity contribution in [3.05, 3.63) is 63.9 Å². The predicted molar refractivity (Wildman–Crippen MR) is 155 cm³/mol. The Balaban J connectivity index is 1.80. The van der Waals surface area contributed by atoms with Gasteiger partial charge in [-0.15, -0.1) is 0 Å². The van der Waals surface area contributed by atoms with E-state index in [9.17, 15) is 32.3 Å². The molecule has 0 radical (unpaired) electrons. The molecule has 0 saturated carbocycles. The van der Waals surface area contributed by atoms with Gasteiger partial charge in [-0.1, -0.05) is 27.7 Å². The fourth-order valence-corrected chi connectivity index (χ4v) is 6.00. The van der Waals surface area contributed by atoms with Crippen molar-refractivity contribution in [3.63, 3.8) is 0 Å². The summed E-state index contributed by atoms with van der Waals surface area (Å²) in [5.41, 5.74) is -1.99. The molecule has 1 saturated heterocycles. The first-order valence-electron chi connectivity index (χ1n) is 13.8. The summed E-state index contributed by atoms with van der Waals surface area (Å²) in [7, 11) is -2.23. The molecule has 14 heteroatoms. The summed E-state index contributed by atoms with van der Waals surface area (Å²) in [5, 5.41) is 12.4. The Morgan fingerprint density at radius 2 is 1.84 bits per heavy atom. The van der Waals surface area contributed by atoms with E-state index in [0.29, 0.717) is 11.9 Å². The zero-order valence-corrected chi connectivity index (χ0v) is 25.7. The topological polar surface area (TPSA) is 96.7 Å². The van der Waals surface area contributed by atoms with E-state index >= 15 is 4.39 Å². The van der Waals surface area contributed by atoms with Gasteiger partial charge >= 0.3 is 6.18 Å². The van der Waals surface area contributed by atoms with Gasteiger partial charge < -0.3 is 19.7 Å². The van der Waals surface area contributed by atoms with E-state index in [4.69, 9.17) is 4.43 Å². The van der Waals surface area contributed by atoms with E-state index in [0.717, 1.165) is 22.9 Å². The summed E-state index contributed by atoms with van der Waals surface area (Å²) in [6.07, 6.45) is -5.68. The molecule has 3 atom stereocenters. The summed E-state index contributed by atoms with van der Waals surface area (Å²) in [6.45, 7) is 12.0. The number of aromatic nitrogens is 2. The zero-order valence-electron chi connectivity index (χ0n) is 24.7. The maximum atomic E-state index is 15.0. The molecule has 1 aliphatic rings. The van der Waals surface area contributed by atoms with Crippen molar-refractivity contribution in [2.75, 3.05) is 18.0 Å². The number of aliphatic hydroxyl groups excluding tert-OH is 1. The van der Waals surface area contributed by atoms with Gasteiger partial charge in [0.1, 0.15) is 29.1 Å². The van der Waals surface area contributed by atoms with Crippen LogP contribution in [0.4, 0.5) is 27.8 Å². The van der Waals surface area contributed by atoms with Crippen LogP contribution in [0.15, 0.2) is 41.3 Å². The molecular weight excluding hydrogens is 591 g/mol. The van der Waals surface area contributed by atoms with Crippen LogP contribution < -0.4 is 15.6 Å². The normalized spacial score (nSPS) is 18.7. The summed E-state index contributed by atoms with van der Waals surface area (Å²) in [6, 6.07) is 3.22. The first-order valence-corrected chi connectivity index (χ1v) is 16.7. The lowest BCUT2D eigenvalue weighted by atomic mass is 10.1. The van der Waals surface area contributed by atoms with Gasteiger partial charge in [-0.25, -0.2) is 13.8 Å². The summed E-state index contributed by atoms with van der Waals surface area (Å²) in [5.74, 6) is -2.92. The second kappa shape index (κ2) is 11.6. The lowest BCUT2D eigenvalue weighted by Gasteiger charge is -2.38. The number of halogens is 5. The molecule has 0 unspecified atom stereocenters. The minimum absolute atomic E-state index is 0.0993. The number of benzene rings is 1. The van der Waals surface area contributed by atoms with Crippen molar-refractivity contribution < 1.29 is 36.3 Å². The molecule has 3 aromatic rings. The third-order valence-corrected chi connectivity index (χ3v) is 12.7. The molecule has 4 rings (SSSR count). The van der Waals surface area contributed by atoms with E-state index in [-0.39, 0.29) is 34.8 Å². The Hall–Kier alpha value is -3.36. The van der Waals surface area contributed by atoms with Crippen LogP contribution in [0.25, 0.3) is 16.7 Å². The number of carbonyl (C=O) groups is 1. The minimum Gasteiger partial charge on any atom is -0.409 e. The molecule has 0 aliphatic carbocycles. The van der Waals surface area contributed by atoms with Gasteiger partial charge in [-0.2, -0.15) is 13.2 Å². The van der Waals surface area contributed by atoms with Crippen LogP contribution in [0.2, 0.25) is 18.1 Å². The largest absolute Gasteiger partial charge is 0.409 e. The highest BCUT2D eigenvalue weighted by Gasteiger charge is 2.44. The maximum absolute atomic E-state index is 15.0. The number of hydrogen-bond acceptors (Lipinski definition) is 6. The number of pyridine rings is 2. The van der Waals surface area contributed by atoms with Crippen molar-refractivity contribution >= 4 is 31.1 Å². The highest BCUT2D eigenvalue weighted by molar-refractivity contribution is 6.74. The average Bonchev–Trinajstić information content (AvgIpc) is 3.25. The fraction of sp³-hybridized carbons (Fsp3) is 0.483. The number of carbonyl (C=O) groups excluding carboxylic acids is 1. The second-order valence-corrected chi connectivity index (χ2v) is 17.0. The number of aliphatic hydroxyl groups is 1. The third-order valence-electron chi connectivity index (χ3n) is 8.17. The van der Waals surface area contributed by atoms with E-state index < -0.39 is 67.7 Å². The van der Waals surface area contributed by atoms with Crippen LogP contribution in [0.5, 0.6) is 0 Å². The molecule has 1 aromatic carbocycles. The number of nitrogens with zero attached hydrogens (tertiary/aromatic N) is 3. The number of nitrogens with one attached hydrogen (secondary N) is 1. The van der Waals surface area contributed by atoms with Crippen molar-refractivity contribution in [3.8, 4) is 5.69 Å². The summed E-state index contributed by atoms with van der Waals surface area (Å²) in [4.78, 5) is 32.6. The molecule has 1 fully saturated rings. The smallest absolute Gasteiger partial charge is 0.408 e. The standard InChI is InChI=1S/C29H35F5N4O4Si/c1-7-23(29(32,33)34)35-27(41)18-13-38(20-10-8-16(30)12-19(20)31)26-17(25(18)40)9-11-24(36-26)37-14-21(39)22(15-37)42-43(5,6)28(2,3)4/h8-13,21-23,39H,7,14-15H2,1-6H3,(H,35,41)/t21-,22-,23-/m1/s1. The van der Waals surface area contributed by atoms with E-state index in [2.05, 4.69) is 38.8 Å². The Kier molecular flexibility index (Phi) is 8.79. The molecule has 0 bridgehead atoms. The Morgan fingerprint density at radius 3 is 2.42 bits per heavy atom. The SMILES string of the molecule is CC[C@@H](NC(=O)c1cn(-c2ccc(F)cc2F)c2nc(N3C[C@@H](O)[C@H](O[Si](C)(C)C(C)(C)C)C3)ccc2c1=O)C(F)(F)F. The average molecular weight is 627 g/mol. The van der Waals surface area contributed by atoms with Crippen LogP contribution in [-0.2, 0) is 4.43 Å². The monoisotopic (exact) mass is 626 g/mol. The molecule has 0 spiro atoms. The number of hydrogen-bond donors (Lipinski definition) is 2. The van der Waals surface area contributed by atoms with Gasteiger partial charge in [0.2, 0.25) is 5.43 Å². The molecule has 43 heavy (non-hydrogen) atoms. The molecule has 2 N–H and O–H groups in total. The summed E-state index contributed by atoms with van der Waals surface area (Å²) >= 11 is 0. The summed E-state index contributed by atoms with van der Waals surface area (Å²) < 4.78 is 76.3. The van der Waals surface area contributed by atoms with E-state index in [1.807, 2.05) is 5.32 Å². The van der Waals surface area contributed by atoms with Gasteiger partial charge in [0.05, 0.1) is 23.3 Å². The van der Waals surface area contributed by atoms with Crippen molar-refractivity contribution in [2.45, 2.75) is 76.7 Å². The first-order chi connectivity index (χ1) is 19.8. The molecule has 234 valence electrons. The third kappa shape index (κ3) is 6.60. The van der Waals surface area contributed by atoms with Crippen molar-refractivity contribution in [1.29, 1.82) is 0 Å². The van der Waals surface area contributed by atoms with Crippen LogP contribution >= 0.6 is 0 Å². The Bertz CT molecular complexity index is 1590. The molecule has 1 aliphatic heterocycles. The quantitative estimate of drug-likeness (QED) is 0.273. The first kappa shape index (κ1) is 32.5. The number of alkyl halides is 3. The van der Waals surface area contributed by atoms with Crippen LogP contribution in [0.1, 0.15) is 44.5 Å². The van der Waals surface area contributed by atoms with Crippen molar-refractivity contribution in [2.24, 2.45) is 0 Å².